The van der Waals surface area contributed by atoms with Crippen molar-refractivity contribution in [3.8, 4) is 0 Å². The van der Waals surface area contributed by atoms with Crippen molar-refractivity contribution in [1.82, 2.24) is 5.16 Å². The summed E-state index contributed by atoms with van der Waals surface area (Å²) in [6.45, 7) is 2.67. The summed E-state index contributed by atoms with van der Waals surface area (Å²) in [5.41, 5.74) is 7.83. The van der Waals surface area contributed by atoms with E-state index in [2.05, 4.69) is 5.16 Å². The first-order valence-electron chi connectivity index (χ1n) is 5.09. The number of hydrogen-bond acceptors (Lipinski definition) is 4. The minimum Gasteiger partial charge on any atom is -0.360 e. The van der Waals surface area contributed by atoms with Crippen molar-refractivity contribution in [2.75, 3.05) is 12.3 Å². The van der Waals surface area contributed by atoms with Crippen LogP contribution in [0.1, 0.15) is 35.1 Å². The fraction of sp³-hybridized carbons (Fsp3) is 0.700. The Hall–Kier alpha value is -0.480. The van der Waals surface area contributed by atoms with Gasteiger partial charge in [-0.2, -0.15) is 11.8 Å². The molecule has 0 spiro atoms. The van der Waals surface area contributed by atoms with Crippen molar-refractivity contribution in [3.05, 3.63) is 17.0 Å². The van der Waals surface area contributed by atoms with Crippen LogP contribution in [0.4, 0.5) is 0 Å². The molecule has 0 bridgehead atoms. The molecule has 1 fully saturated rings. The molecule has 0 amide bonds. The molecule has 1 aromatic heterocycles. The fourth-order valence-corrected chi connectivity index (χ4v) is 3.18. The van der Waals surface area contributed by atoms with E-state index in [1.165, 1.54) is 24.2 Å². The highest BCUT2D eigenvalue weighted by molar-refractivity contribution is 7.99. The monoisotopic (exact) mass is 212 g/mol. The summed E-state index contributed by atoms with van der Waals surface area (Å²) in [5, 5.41) is 4.56. The number of aryl methyl sites for hydroxylation is 1. The van der Waals surface area contributed by atoms with Crippen molar-refractivity contribution >= 4 is 11.8 Å². The van der Waals surface area contributed by atoms with Gasteiger partial charge in [-0.15, -0.1) is 0 Å². The van der Waals surface area contributed by atoms with E-state index in [-0.39, 0.29) is 0 Å². The lowest BCUT2D eigenvalue weighted by atomic mass is 10.1. The fourth-order valence-electron chi connectivity index (χ4n) is 1.89. The number of thioether (sulfide) groups is 1. The van der Waals surface area contributed by atoms with E-state index in [1.807, 2.05) is 18.7 Å². The molecular weight excluding hydrogens is 196 g/mol. The van der Waals surface area contributed by atoms with E-state index in [0.717, 1.165) is 17.9 Å². The second-order valence-corrected chi connectivity index (χ2v) is 4.96. The van der Waals surface area contributed by atoms with E-state index >= 15 is 0 Å². The van der Waals surface area contributed by atoms with Crippen LogP contribution in [0.25, 0.3) is 0 Å². The highest BCUT2D eigenvalue weighted by atomic mass is 32.2. The molecule has 14 heavy (non-hydrogen) atoms. The molecule has 78 valence electrons. The molecule has 2 rings (SSSR count). The zero-order valence-electron chi connectivity index (χ0n) is 8.45. The average Bonchev–Trinajstić information content (AvgIpc) is 2.77. The Morgan fingerprint density at radius 1 is 1.64 bits per heavy atom. The normalized spacial score (nSPS) is 21.7. The highest BCUT2D eigenvalue weighted by Gasteiger charge is 2.25. The average molecular weight is 212 g/mol. The molecule has 1 saturated heterocycles. The first-order valence-corrected chi connectivity index (χ1v) is 6.14. The van der Waals surface area contributed by atoms with Gasteiger partial charge in [-0.05, 0) is 38.5 Å². The minimum atomic E-state index is 0.526. The Morgan fingerprint density at radius 2 is 2.50 bits per heavy atom. The summed E-state index contributed by atoms with van der Waals surface area (Å²) in [6, 6.07) is 0. The number of nitrogens with two attached hydrogens (primary N) is 1. The first kappa shape index (κ1) is 10.1. The van der Waals surface area contributed by atoms with Crippen molar-refractivity contribution in [2.45, 2.75) is 31.4 Å². The van der Waals surface area contributed by atoms with Crippen LogP contribution in [-0.4, -0.2) is 17.5 Å². The van der Waals surface area contributed by atoms with Crippen molar-refractivity contribution in [1.29, 1.82) is 0 Å². The summed E-state index contributed by atoms with van der Waals surface area (Å²) in [7, 11) is 0. The molecule has 3 nitrogen and oxygen atoms in total. The second kappa shape index (κ2) is 4.36. The number of rotatable bonds is 3. The van der Waals surface area contributed by atoms with Crippen molar-refractivity contribution in [2.24, 2.45) is 5.73 Å². The molecule has 1 unspecified atom stereocenters. The predicted molar refractivity (Wildman–Crippen MR) is 58.4 cm³/mol. The lowest BCUT2D eigenvalue weighted by Crippen LogP contribution is -2.05. The second-order valence-electron chi connectivity index (χ2n) is 3.65. The lowest BCUT2D eigenvalue weighted by molar-refractivity contribution is 0.375. The molecule has 1 aliphatic heterocycles. The van der Waals surface area contributed by atoms with Crippen LogP contribution >= 0.6 is 11.8 Å². The Balaban J connectivity index is 2.22. The standard InChI is InChI=1S/C10H16N2OS/c1-7-8(4-5-11)10(13-12-7)9-3-2-6-14-9/h9H,2-6,11H2,1H3. The first-order chi connectivity index (χ1) is 6.83. The summed E-state index contributed by atoms with van der Waals surface area (Å²) < 4.78 is 5.41. The maximum Gasteiger partial charge on any atom is 0.153 e. The quantitative estimate of drug-likeness (QED) is 0.833. The third kappa shape index (κ3) is 1.81. The van der Waals surface area contributed by atoms with Crippen LogP contribution in [0.15, 0.2) is 4.52 Å². The van der Waals surface area contributed by atoms with E-state index in [4.69, 9.17) is 10.3 Å². The SMILES string of the molecule is Cc1noc(C2CCCS2)c1CCN. The summed E-state index contributed by atoms with van der Waals surface area (Å²) in [6.07, 6.45) is 3.40. The maximum atomic E-state index is 5.58. The zero-order chi connectivity index (χ0) is 9.97. The summed E-state index contributed by atoms with van der Waals surface area (Å²) in [5.74, 6) is 2.32. The van der Waals surface area contributed by atoms with Gasteiger partial charge in [0.15, 0.2) is 5.76 Å². The van der Waals surface area contributed by atoms with Gasteiger partial charge in [0.25, 0.3) is 0 Å². The van der Waals surface area contributed by atoms with Crippen LogP contribution < -0.4 is 5.73 Å². The summed E-state index contributed by atoms with van der Waals surface area (Å²) >= 11 is 1.97. The molecule has 0 radical (unpaired) electrons. The largest absolute Gasteiger partial charge is 0.360 e. The van der Waals surface area contributed by atoms with Crippen molar-refractivity contribution < 1.29 is 4.52 Å². The van der Waals surface area contributed by atoms with E-state index < -0.39 is 0 Å². The molecule has 2 heterocycles. The number of hydrogen-bond donors (Lipinski definition) is 1. The molecule has 1 atom stereocenters. The number of aromatic nitrogens is 1. The lowest BCUT2D eigenvalue weighted by Gasteiger charge is -2.06. The molecule has 1 aliphatic rings. The molecule has 0 aromatic carbocycles. The molecular formula is C10H16N2OS. The van der Waals surface area contributed by atoms with Gasteiger partial charge in [0.05, 0.1) is 10.9 Å². The van der Waals surface area contributed by atoms with Gasteiger partial charge >= 0.3 is 0 Å². The van der Waals surface area contributed by atoms with E-state index in [9.17, 15) is 0 Å². The third-order valence-corrected chi connectivity index (χ3v) is 4.01. The van der Waals surface area contributed by atoms with Gasteiger partial charge in [0, 0.05) is 5.56 Å². The van der Waals surface area contributed by atoms with Gasteiger partial charge in [0.2, 0.25) is 0 Å². The van der Waals surface area contributed by atoms with Crippen LogP contribution in [0.5, 0.6) is 0 Å². The zero-order valence-corrected chi connectivity index (χ0v) is 9.27. The van der Waals surface area contributed by atoms with Crippen LogP contribution in [0.3, 0.4) is 0 Å². The minimum absolute atomic E-state index is 0.526. The molecule has 4 heteroatoms. The highest BCUT2D eigenvalue weighted by Crippen LogP contribution is 2.41. The Labute approximate surface area is 88.4 Å². The third-order valence-electron chi connectivity index (χ3n) is 2.63. The topological polar surface area (TPSA) is 52.0 Å². The number of nitrogens with zero attached hydrogens (tertiary/aromatic N) is 1. The maximum absolute atomic E-state index is 5.58. The Bertz CT molecular complexity index is 305. The molecule has 0 aliphatic carbocycles. The van der Waals surface area contributed by atoms with Gasteiger partial charge in [0.1, 0.15) is 0 Å². The smallest absolute Gasteiger partial charge is 0.153 e. The predicted octanol–water partition coefficient (Wildman–Crippen LogP) is 2.05. The molecule has 2 N–H and O–H groups in total. The van der Waals surface area contributed by atoms with Crippen LogP contribution in [0, 0.1) is 6.92 Å². The Kier molecular flexibility index (Phi) is 3.13. The van der Waals surface area contributed by atoms with Gasteiger partial charge in [-0.1, -0.05) is 5.16 Å². The van der Waals surface area contributed by atoms with Crippen LogP contribution in [-0.2, 0) is 6.42 Å². The van der Waals surface area contributed by atoms with E-state index in [0.29, 0.717) is 11.8 Å². The van der Waals surface area contributed by atoms with E-state index in [1.54, 1.807) is 0 Å². The molecule has 1 aromatic rings. The summed E-state index contributed by atoms with van der Waals surface area (Å²) in [4.78, 5) is 0. The Morgan fingerprint density at radius 3 is 3.14 bits per heavy atom. The van der Waals surface area contributed by atoms with Gasteiger partial charge in [-0.3, -0.25) is 0 Å². The van der Waals surface area contributed by atoms with Gasteiger partial charge in [-0.25, -0.2) is 0 Å². The molecule has 0 saturated carbocycles. The van der Waals surface area contributed by atoms with Crippen LogP contribution in [0.2, 0.25) is 0 Å². The van der Waals surface area contributed by atoms with Crippen molar-refractivity contribution in [3.63, 3.8) is 0 Å². The van der Waals surface area contributed by atoms with Gasteiger partial charge < -0.3 is 10.3 Å².